The standard InChI is InChI=1S/C15H20O4/c1-4-11(3)19-13-8-6-12(7-9-15(16)17)10-14(13)18-5-2/h6-11H,4-5H2,1-3H3,(H,16,17)/b9-7+/t11-/m0/s1. The van der Waals surface area contributed by atoms with Gasteiger partial charge >= 0.3 is 5.97 Å². The molecule has 0 amide bonds. The Hall–Kier alpha value is -1.97. The van der Waals surface area contributed by atoms with Gasteiger partial charge in [0.05, 0.1) is 12.7 Å². The van der Waals surface area contributed by atoms with Crippen molar-refractivity contribution in [1.82, 2.24) is 0 Å². The number of carbonyl (C=O) groups is 1. The van der Waals surface area contributed by atoms with Crippen molar-refractivity contribution >= 4 is 12.0 Å². The van der Waals surface area contributed by atoms with Crippen LogP contribution in [0, 0.1) is 0 Å². The van der Waals surface area contributed by atoms with Gasteiger partial charge in [-0.3, -0.25) is 0 Å². The van der Waals surface area contributed by atoms with Crippen LogP contribution in [0.4, 0.5) is 0 Å². The molecule has 1 aromatic rings. The first-order valence-corrected chi connectivity index (χ1v) is 6.41. The normalized spacial score (nSPS) is 12.4. The number of ether oxygens (including phenoxy) is 2. The number of hydrogen-bond acceptors (Lipinski definition) is 3. The Labute approximate surface area is 113 Å². The number of aliphatic carboxylic acids is 1. The Bertz CT molecular complexity index is 451. The third-order valence-electron chi connectivity index (χ3n) is 2.59. The number of hydrogen-bond donors (Lipinski definition) is 1. The molecule has 4 heteroatoms. The molecule has 1 aromatic carbocycles. The quantitative estimate of drug-likeness (QED) is 0.767. The van der Waals surface area contributed by atoms with Crippen molar-refractivity contribution in [2.45, 2.75) is 33.3 Å². The van der Waals surface area contributed by atoms with E-state index in [1.807, 2.05) is 13.8 Å². The Morgan fingerprint density at radius 1 is 1.37 bits per heavy atom. The minimum absolute atomic E-state index is 0.111. The van der Waals surface area contributed by atoms with Crippen molar-refractivity contribution in [3.05, 3.63) is 29.8 Å². The topological polar surface area (TPSA) is 55.8 Å². The van der Waals surface area contributed by atoms with Crippen molar-refractivity contribution in [1.29, 1.82) is 0 Å². The first-order valence-electron chi connectivity index (χ1n) is 6.41. The second-order valence-corrected chi connectivity index (χ2v) is 4.15. The van der Waals surface area contributed by atoms with E-state index in [9.17, 15) is 4.79 Å². The zero-order valence-corrected chi connectivity index (χ0v) is 11.6. The summed E-state index contributed by atoms with van der Waals surface area (Å²) >= 11 is 0. The van der Waals surface area contributed by atoms with Crippen LogP contribution < -0.4 is 9.47 Å². The van der Waals surface area contributed by atoms with E-state index in [4.69, 9.17) is 14.6 Å². The molecule has 4 nitrogen and oxygen atoms in total. The molecule has 0 aromatic heterocycles. The molecule has 1 atom stereocenters. The van der Waals surface area contributed by atoms with Gasteiger partial charge in [0.15, 0.2) is 11.5 Å². The zero-order chi connectivity index (χ0) is 14.3. The number of benzene rings is 1. The van der Waals surface area contributed by atoms with Crippen LogP contribution in [0.5, 0.6) is 11.5 Å². The van der Waals surface area contributed by atoms with Crippen LogP contribution in [0.3, 0.4) is 0 Å². The lowest BCUT2D eigenvalue weighted by molar-refractivity contribution is -0.131. The van der Waals surface area contributed by atoms with Crippen LogP contribution in [-0.4, -0.2) is 23.8 Å². The molecule has 0 unspecified atom stereocenters. The molecule has 0 heterocycles. The fourth-order valence-corrected chi connectivity index (χ4v) is 1.46. The molecule has 0 saturated carbocycles. The highest BCUT2D eigenvalue weighted by atomic mass is 16.5. The molecule has 0 fully saturated rings. The Balaban J connectivity index is 2.96. The third-order valence-corrected chi connectivity index (χ3v) is 2.59. The average Bonchev–Trinajstić information content (AvgIpc) is 2.39. The van der Waals surface area contributed by atoms with Crippen molar-refractivity contribution in [3.63, 3.8) is 0 Å². The molecule has 104 valence electrons. The Morgan fingerprint density at radius 2 is 2.11 bits per heavy atom. The van der Waals surface area contributed by atoms with Gasteiger partial charge < -0.3 is 14.6 Å². The number of rotatable bonds is 7. The second-order valence-electron chi connectivity index (χ2n) is 4.15. The van der Waals surface area contributed by atoms with Gasteiger partial charge in [0.25, 0.3) is 0 Å². The SMILES string of the molecule is CCOc1cc(/C=C/C(=O)O)ccc1O[C@@H](C)CC. The van der Waals surface area contributed by atoms with Crippen LogP contribution in [0.2, 0.25) is 0 Å². The van der Waals surface area contributed by atoms with Gasteiger partial charge in [-0.25, -0.2) is 4.79 Å². The van der Waals surface area contributed by atoms with Crippen LogP contribution in [0.1, 0.15) is 32.8 Å². The molecule has 0 spiro atoms. The summed E-state index contributed by atoms with van der Waals surface area (Å²) in [6, 6.07) is 5.39. The summed E-state index contributed by atoms with van der Waals surface area (Å²) in [7, 11) is 0. The maximum Gasteiger partial charge on any atom is 0.328 e. The Morgan fingerprint density at radius 3 is 2.68 bits per heavy atom. The lowest BCUT2D eigenvalue weighted by atomic mass is 10.2. The highest BCUT2D eigenvalue weighted by Gasteiger charge is 2.08. The van der Waals surface area contributed by atoms with Crippen molar-refractivity contribution in [3.8, 4) is 11.5 Å². The molecule has 0 aliphatic heterocycles. The first kappa shape index (κ1) is 15.1. The fraction of sp³-hybridized carbons (Fsp3) is 0.400. The number of carboxylic acid groups (broad SMARTS) is 1. The van der Waals surface area contributed by atoms with Crippen LogP contribution in [0.25, 0.3) is 6.08 Å². The molecule has 0 radical (unpaired) electrons. The maximum atomic E-state index is 10.5. The number of carboxylic acids is 1. The van der Waals surface area contributed by atoms with Crippen molar-refractivity contribution < 1.29 is 19.4 Å². The highest BCUT2D eigenvalue weighted by molar-refractivity contribution is 5.85. The minimum atomic E-state index is -0.974. The van der Waals surface area contributed by atoms with E-state index >= 15 is 0 Å². The summed E-state index contributed by atoms with van der Waals surface area (Å²) in [6.45, 7) is 6.47. The molecule has 0 aliphatic carbocycles. The monoisotopic (exact) mass is 264 g/mol. The van der Waals surface area contributed by atoms with Gasteiger partial charge in [-0.2, -0.15) is 0 Å². The van der Waals surface area contributed by atoms with Crippen LogP contribution in [-0.2, 0) is 4.79 Å². The van der Waals surface area contributed by atoms with Crippen molar-refractivity contribution in [2.24, 2.45) is 0 Å². The third kappa shape index (κ3) is 5.04. The summed E-state index contributed by atoms with van der Waals surface area (Å²) < 4.78 is 11.3. The summed E-state index contributed by atoms with van der Waals surface area (Å²) in [4.78, 5) is 10.5. The van der Waals surface area contributed by atoms with Crippen LogP contribution >= 0.6 is 0 Å². The molecular formula is C15H20O4. The lowest BCUT2D eigenvalue weighted by Gasteiger charge is -2.16. The predicted octanol–water partition coefficient (Wildman–Crippen LogP) is 3.36. The smallest absolute Gasteiger partial charge is 0.328 e. The van der Waals surface area contributed by atoms with Gasteiger partial charge in [0.2, 0.25) is 0 Å². The largest absolute Gasteiger partial charge is 0.490 e. The summed E-state index contributed by atoms with van der Waals surface area (Å²) in [5.41, 5.74) is 0.766. The lowest BCUT2D eigenvalue weighted by Crippen LogP contribution is -2.10. The van der Waals surface area contributed by atoms with Gasteiger partial charge in [-0.05, 0) is 44.0 Å². The van der Waals surface area contributed by atoms with Gasteiger partial charge in [0.1, 0.15) is 0 Å². The first-order chi connectivity index (χ1) is 9.06. The minimum Gasteiger partial charge on any atom is -0.490 e. The molecule has 0 bridgehead atoms. The molecule has 0 aliphatic rings. The Kier molecular flexibility index (Phi) is 5.93. The van der Waals surface area contributed by atoms with E-state index in [0.29, 0.717) is 18.1 Å². The van der Waals surface area contributed by atoms with Gasteiger partial charge in [-0.15, -0.1) is 0 Å². The predicted molar refractivity (Wildman–Crippen MR) is 74.7 cm³/mol. The molecule has 19 heavy (non-hydrogen) atoms. The average molecular weight is 264 g/mol. The summed E-state index contributed by atoms with van der Waals surface area (Å²) in [6.07, 6.45) is 3.64. The zero-order valence-electron chi connectivity index (χ0n) is 11.6. The maximum absolute atomic E-state index is 10.5. The van der Waals surface area contributed by atoms with Crippen LogP contribution in [0.15, 0.2) is 24.3 Å². The molecule has 0 saturated heterocycles. The van der Waals surface area contributed by atoms with E-state index in [2.05, 4.69) is 6.92 Å². The molecule has 1 rings (SSSR count). The molecular weight excluding hydrogens is 244 g/mol. The highest BCUT2D eigenvalue weighted by Crippen LogP contribution is 2.30. The summed E-state index contributed by atoms with van der Waals surface area (Å²) in [5, 5.41) is 8.61. The van der Waals surface area contributed by atoms with E-state index in [1.165, 1.54) is 6.08 Å². The van der Waals surface area contributed by atoms with E-state index in [0.717, 1.165) is 18.1 Å². The second kappa shape index (κ2) is 7.46. The van der Waals surface area contributed by atoms with Gasteiger partial charge in [0, 0.05) is 6.08 Å². The van der Waals surface area contributed by atoms with Crippen molar-refractivity contribution in [2.75, 3.05) is 6.61 Å². The van der Waals surface area contributed by atoms with E-state index < -0.39 is 5.97 Å². The van der Waals surface area contributed by atoms with Gasteiger partial charge in [-0.1, -0.05) is 13.0 Å². The van der Waals surface area contributed by atoms with E-state index in [1.54, 1.807) is 18.2 Å². The summed E-state index contributed by atoms with van der Waals surface area (Å²) in [5.74, 6) is 0.344. The molecule has 1 N–H and O–H groups in total. The fourth-order valence-electron chi connectivity index (χ4n) is 1.46. The van der Waals surface area contributed by atoms with E-state index in [-0.39, 0.29) is 6.10 Å².